The molecule has 1 unspecified atom stereocenters. The first-order chi connectivity index (χ1) is 7.70. The molecule has 0 saturated heterocycles. The van der Waals surface area contributed by atoms with E-state index in [9.17, 15) is 4.79 Å². The molecule has 2 rings (SSSR count). The number of carbonyl (C=O) groups is 1. The van der Waals surface area contributed by atoms with Gasteiger partial charge in [-0.05, 0) is 37.5 Å². The Morgan fingerprint density at radius 3 is 3.19 bits per heavy atom. The van der Waals surface area contributed by atoms with Gasteiger partial charge < -0.3 is 9.47 Å². The van der Waals surface area contributed by atoms with Crippen molar-refractivity contribution in [3.05, 3.63) is 28.8 Å². The standard InChI is InChI=1S/C12H13ClO3/c1-2-15-12(14)10-6-4-8-3-5-9(13)7-11(8)16-10/h3,5,7,10H,2,4,6H2,1H3. The fraction of sp³-hybridized carbons (Fsp3) is 0.417. The molecule has 0 N–H and O–H groups in total. The highest BCUT2D eigenvalue weighted by Gasteiger charge is 2.27. The molecule has 4 heteroatoms. The van der Waals surface area contributed by atoms with E-state index in [1.807, 2.05) is 12.1 Å². The Morgan fingerprint density at radius 2 is 2.44 bits per heavy atom. The summed E-state index contributed by atoms with van der Waals surface area (Å²) in [6.45, 7) is 2.16. The van der Waals surface area contributed by atoms with Crippen LogP contribution in [0.3, 0.4) is 0 Å². The predicted octanol–water partition coefficient (Wildman–Crippen LogP) is 2.60. The molecule has 16 heavy (non-hydrogen) atoms. The van der Waals surface area contributed by atoms with Crippen LogP contribution in [0.2, 0.25) is 5.02 Å². The number of rotatable bonds is 2. The van der Waals surface area contributed by atoms with Crippen molar-refractivity contribution < 1.29 is 14.3 Å². The molecule has 1 aromatic carbocycles. The third kappa shape index (κ3) is 2.30. The maximum Gasteiger partial charge on any atom is 0.347 e. The van der Waals surface area contributed by atoms with Crippen molar-refractivity contribution in [3.8, 4) is 5.75 Å². The Bertz CT molecular complexity index is 403. The number of ether oxygens (including phenoxy) is 2. The van der Waals surface area contributed by atoms with Crippen LogP contribution in [-0.4, -0.2) is 18.7 Å². The van der Waals surface area contributed by atoms with E-state index >= 15 is 0 Å². The summed E-state index contributed by atoms with van der Waals surface area (Å²) in [7, 11) is 0. The zero-order chi connectivity index (χ0) is 11.5. The maximum atomic E-state index is 11.5. The SMILES string of the molecule is CCOC(=O)C1CCc2ccc(Cl)cc2O1. The van der Waals surface area contributed by atoms with Crippen LogP contribution in [0, 0.1) is 0 Å². The highest BCUT2D eigenvalue weighted by Crippen LogP contribution is 2.30. The summed E-state index contributed by atoms with van der Waals surface area (Å²) in [5.41, 5.74) is 1.09. The molecule has 0 saturated carbocycles. The van der Waals surface area contributed by atoms with Gasteiger partial charge in [0.25, 0.3) is 0 Å². The molecule has 3 nitrogen and oxygen atoms in total. The fourth-order valence-corrected chi connectivity index (χ4v) is 1.91. The quantitative estimate of drug-likeness (QED) is 0.746. The van der Waals surface area contributed by atoms with E-state index in [0.717, 1.165) is 12.0 Å². The van der Waals surface area contributed by atoms with Gasteiger partial charge in [0.2, 0.25) is 0 Å². The lowest BCUT2D eigenvalue weighted by Gasteiger charge is -2.24. The summed E-state index contributed by atoms with van der Waals surface area (Å²) >= 11 is 5.87. The molecule has 1 atom stereocenters. The second-order valence-electron chi connectivity index (χ2n) is 3.65. The molecule has 1 aliphatic rings. The maximum absolute atomic E-state index is 11.5. The lowest BCUT2D eigenvalue weighted by atomic mass is 10.0. The number of hydrogen-bond acceptors (Lipinski definition) is 3. The van der Waals surface area contributed by atoms with Crippen LogP contribution in [0.5, 0.6) is 5.75 Å². The minimum atomic E-state index is -0.495. The Kier molecular flexibility index (Phi) is 3.34. The first-order valence-corrected chi connectivity index (χ1v) is 5.70. The van der Waals surface area contributed by atoms with Crippen LogP contribution in [0.4, 0.5) is 0 Å². The van der Waals surface area contributed by atoms with E-state index in [0.29, 0.717) is 23.8 Å². The molecule has 0 fully saturated rings. The van der Waals surface area contributed by atoms with Crippen LogP contribution in [0.1, 0.15) is 18.9 Å². The van der Waals surface area contributed by atoms with Crippen LogP contribution in [-0.2, 0) is 16.0 Å². The summed E-state index contributed by atoms with van der Waals surface area (Å²) in [6, 6.07) is 5.50. The average Bonchev–Trinajstić information content (AvgIpc) is 2.28. The molecule has 0 radical (unpaired) electrons. The molecule has 0 aromatic heterocycles. The topological polar surface area (TPSA) is 35.5 Å². The first kappa shape index (κ1) is 11.3. The van der Waals surface area contributed by atoms with E-state index in [4.69, 9.17) is 21.1 Å². The van der Waals surface area contributed by atoms with Gasteiger partial charge in [0.15, 0.2) is 6.10 Å². The van der Waals surface area contributed by atoms with Crippen molar-refractivity contribution in [3.63, 3.8) is 0 Å². The first-order valence-electron chi connectivity index (χ1n) is 5.32. The molecular weight excluding hydrogens is 228 g/mol. The fourth-order valence-electron chi connectivity index (χ4n) is 1.74. The highest BCUT2D eigenvalue weighted by atomic mass is 35.5. The van der Waals surface area contributed by atoms with Crippen molar-refractivity contribution in [2.24, 2.45) is 0 Å². The molecule has 1 heterocycles. The summed E-state index contributed by atoms with van der Waals surface area (Å²) in [6.07, 6.45) is 0.981. The minimum Gasteiger partial charge on any atom is -0.478 e. The number of benzene rings is 1. The molecule has 0 spiro atoms. The van der Waals surface area contributed by atoms with E-state index in [1.54, 1.807) is 13.0 Å². The Balaban J connectivity index is 2.13. The van der Waals surface area contributed by atoms with Gasteiger partial charge in [-0.2, -0.15) is 0 Å². The highest BCUT2D eigenvalue weighted by molar-refractivity contribution is 6.30. The number of carbonyl (C=O) groups excluding carboxylic acids is 1. The van der Waals surface area contributed by atoms with Crippen LogP contribution in [0.25, 0.3) is 0 Å². The van der Waals surface area contributed by atoms with Gasteiger partial charge in [0.1, 0.15) is 5.75 Å². The van der Waals surface area contributed by atoms with Gasteiger partial charge >= 0.3 is 5.97 Å². The van der Waals surface area contributed by atoms with E-state index in [1.165, 1.54) is 0 Å². The second kappa shape index (κ2) is 4.74. The average molecular weight is 241 g/mol. The van der Waals surface area contributed by atoms with Crippen LogP contribution >= 0.6 is 11.6 Å². The summed E-state index contributed by atoms with van der Waals surface area (Å²) < 4.78 is 10.5. The van der Waals surface area contributed by atoms with Gasteiger partial charge in [0.05, 0.1) is 6.61 Å². The lowest BCUT2D eigenvalue weighted by molar-refractivity contribution is -0.152. The van der Waals surface area contributed by atoms with Gasteiger partial charge in [-0.15, -0.1) is 0 Å². The number of halogens is 1. The van der Waals surface area contributed by atoms with Crippen molar-refractivity contribution in [1.29, 1.82) is 0 Å². The van der Waals surface area contributed by atoms with Crippen molar-refractivity contribution in [2.45, 2.75) is 25.9 Å². The second-order valence-corrected chi connectivity index (χ2v) is 4.09. The number of hydrogen-bond donors (Lipinski definition) is 0. The summed E-state index contributed by atoms with van der Waals surface area (Å²) in [4.78, 5) is 11.5. The molecule has 0 bridgehead atoms. The van der Waals surface area contributed by atoms with Gasteiger partial charge in [-0.1, -0.05) is 17.7 Å². The van der Waals surface area contributed by atoms with Crippen molar-refractivity contribution in [1.82, 2.24) is 0 Å². The zero-order valence-corrected chi connectivity index (χ0v) is 9.79. The van der Waals surface area contributed by atoms with Gasteiger partial charge in [-0.25, -0.2) is 4.79 Å². The minimum absolute atomic E-state index is 0.298. The molecular formula is C12H13ClO3. The van der Waals surface area contributed by atoms with Gasteiger partial charge in [-0.3, -0.25) is 0 Å². The predicted molar refractivity (Wildman–Crippen MR) is 60.8 cm³/mol. The third-order valence-electron chi connectivity index (χ3n) is 2.52. The summed E-state index contributed by atoms with van der Waals surface area (Å²) in [5, 5.41) is 0.614. The summed E-state index contributed by atoms with van der Waals surface area (Å²) in [5.74, 6) is 0.393. The van der Waals surface area contributed by atoms with Crippen LogP contribution in [0.15, 0.2) is 18.2 Å². The lowest BCUT2D eigenvalue weighted by Crippen LogP contribution is -2.32. The normalized spacial score (nSPS) is 18.5. The third-order valence-corrected chi connectivity index (χ3v) is 2.76. The number of aryl methyl sites for hydroxylation is 1. The molecule has 86 valence electrons. The Labute approximate surface area is 99.3 Å². The van der Waals surface area contributed by atoms with E-state index in [-0.39, 0.29) is 5.97 Å². The number of esters is 1. The van der Waals surface area contributed by atoms with Crippen molar-refractivity contribution >= 4 is 17.6 Å². The monoisotopic (exact) mass is 240 g/mol. The van der Waals surface area contributed by atoms with E-state index in [2.05, 4.69) is 0 Å². The zero-order valence-electron chi connectivity index (χ0n) is 9.03. The smallest absolute Gasteiger partial charge is 0.347 e. The molecule has 0 amide bonds. The molecule has 1 aromatic rings. The number of fused-ring (bicyclic) bond motifs is 1. The van der Waals surface area contributed by atoms with Gasteiger partial charge in [0, 0.05) is 5.02 Å². The largest absolute Gasteiger partial charge is 0.478 e. The van der Waals surface area contributed by atoms with E-state index < -0.39 is 6.10 Å². The molecule has 0 aliphatic carbocycles. The Hall–Kier alpha value is -1.22. The molecule has 1 aliphatic heterocycles. The Morgan fingerprint density at radius 1 is 1.62 bits per heavy atom. The van der Waals surface area contributed by atoms with Crippen LogP contribution < -0.4 is 4.74 Å². The van der Waals surface area contributed by atoms with Crippen molar-refractivity contribution in [2.75, 3.05) is 6.61 Å².